The van der Waals surface area contributed by atoms with Gasteiger partial charge in [0.05, 0.1) is 12.9 Å². The van der Waals surface area contributed by atoms with Crippen molar-refractivity contribution in [2.75, 3.05) is 0 Å². The van der Waals surface area contributed by atoms with Gasteiger partial charge in [0.2, 0.25) is 0 Å². The summed E-state index contributed by atoms with van der Waals surface area (Å²) in [6, 6.07) is 6.75. The second-order valence-electron chi connectivity index (χ2n) is 5.02. The monoisotopic (exact) mass is 301 g/mol. The molecule has 22 heavy (non-hydrogen) atoms. The lowest BCUT2D eigenvalue weighted by molar-refractivity contribution is 0.509. The van der Waals surface area contributed by atoms with Gasteiger partial charge in [0.15, 0.2) is 11.6 Å². The van der Waals surface area contributed by atoms with Crippen LogP contribution in [0.5, 0.6) is 0 Å². The van der Waals surface area contributed by atoms with Crippen LogP contribution in [0.4, 0.5) is 8.78 Å². The zero-order chi connectivity index (χ0) is 15.7. The molecule has 1 N–H and O–H groups in total. The Kier molecular flexibility index (Phi) is 3.58. The summed E-state index contributed by atoms with van der Waals surface area (Å²) in [7, 11) is 0. The number of nitrogens with zero attached hydrogens (tertiary/aromatic N) is 2. The molecule has 0 saturated heterocycles. The normalized spacial score (nSPS) is 10.9. The summed E-state index contributed by atoms with van der Waals surface area (Å²) in [5.74, 6) is -1.91. The van der Waals surface area contributed by atoms with Crippen molar-refractivity contribution >= 4 is 0 Å². The number of aromatic nitrogens is 3. The first kappa shape index (κ1) is 14.2. The van der Waals surface area contributed by atoms with Gasteiger partial charge in [-0.05, 0) is 36.8 Å². The molecule has 0 radical (unpaired) electrons. The number of rotatable bonds is 3. The number of pyridine rings is 1. The van der Waals surface area contributed by atoms with E-state index in [4.69, 9.17) is 0 Å². The van der Waals surface area contributed by atoms with Gasteiger partial charge in [0, 0.05) is 23.1 Å². The third kappa shape index (κ3) is 2.67. The summed E-state index contributed by atoms with van der Waals surface area (Å²) >= 11 is 0. The molecule has 0 amide bonds. The largest absolute Gasteiger partial charge is 0.329 e. The molecule has 2 aromatic heterocycles. The number of H-pyrrole nitrogens is 1. The summed E-state index contributed by atoms with van der Waals surface area (Å²) in [4.78, 5) is 18.9. The molecule has 3 aromatic rings. The van der Waals surface area contributed by atoms with E-state index >= 15 is 0 Å². The summed E-state index contributed by atoms with van der Waals surface area (Å²) < 4.78 is 28.1. The smallest absolute Gasteiger partial charge is 0.256 e. The molecular formula is C16H13F2N3O. The van der Waals surface area contributed by atoms with Gasteiger partial charge in [-0.3, -0.25) is 4.79 Å². The van der Waals surface area contributed by atoms with Gasteiger partial charge in [-0.2, -0.15) is 0 Å². The molecule has 0 saturated carbocycles. The number of hydrogen-bond acceptors (Lipinski definition) is 2. The molecule has 0 aliphatic rings. The molecule has 3 rings (SSSR count). The van der Waals surface area contributed by atoms with Crippen molar-refractivity contribution in [2.24, 2.45) is 0 Å². The van der Waals surface area contributed by atoms with E-state index in [1.54, 1.807) is 24.7 Å². The Morgan fingerprint density at radius 3 is 2.64 bits per heavy atom. The van der Waals surface area contributed by atoms with Gasteiger partial charge in [0.1, 0.15) is 0 Å². The Morgan fingerprint density at radius 1 is 1.18 bits per heavy atom. The number of nitrogens with one attached hydrogen (secondary N) is 1. The van der Waals surface area contributed by atoms with Gasteiger partial charge in [-0.1, -0.05) is 6.07 Å². The maximum atomic E-state index is 13.3. The third-order valence-corrected chi connectivity index (χ3v) is 3.46. The number of benzene rings is 1. The Bertz CT molecular complexity index is 883. The van der Waals surface area contributed by atoms with Crippen LogP contribution in [-0.4, -0.2) is 14.5 Å². The fourth-order valence-electron chi connectivity index (χ4n) is 2.23. The van der Waals surface area contributed by atoms with Crippen molar-refractivity contribution in [3.8, 4) is 11.1 Å². The predicted octanol–water partition coefficient (Wildman–Crippen LogP) is 2.87. The summed E-state index contributed by atoms with van der Waals surface area (Å²) in [5, 5.41) is 0. The quantitative estimate of drug-likeness (QED) is 0.808. The molecule has 4 nitrogen and oxygen atoms in total. The highest BCUT2D eigenvalue weighted by molar-refractivity contribution is 5.62. The zero-order valence-electron chi connectivity index (χ0n) is 11.8. The van der Waals surface area contributed by atoms with E-state index in [1.165, 1.54) is 6.07 Å². The number of aryl methyl sites for hydroxylation is 1. The third-order valence-electron chi connectivity index (χ3n) is 3.46. The topological polar surface area (TPSA) is 50.7 Å². The number of halogens is 2. The van der Waals surface area contributed by atoms with Gasteiger partial charge in [0.25, 0.3) is 5.56 Å². The Balaban J connectivity index is 1.94. The summed E-state index contributed by atoms with van der Waals surface area (Å²) in [5.41, 5.74) is 1.97. The SMILES string of the molecule is Cc1cncn1Cc1ccc(-c2ccc(F)c(F)c2)c(=O)[nH]1. The Hall–Kier alpha value is -2.76. The fourth-order valence-corrected chi connectivity index (χ4v) is 2.23. The van der Waals surface area contributed by atoms with Crippen LogP contribution in [0.15, 0.2) is 47.7 Å². The second kappa shape index (κ2) is 5.55. The summed E-state index contributed by atoms with van der Waals surface area (Å²) in [6.45, 7) is 2.40. The maximum absolute atomic E-state index is 13.3. The first-order chi connectivity index (χ1) is 10.5. The van der Waals surface area contributed by atoms with Crippen molar-refractivity contribution < 1.29 is 8.78 Å². The molecule has 2 heterocycles. The average Bonchev–Trinajstić information content (AvgIpc) is 2.88. The van der Waals surface area contributed by atoms with Crippen molar-refractivity contribution in [1.82, 2.24) is 14.5 Å². The molecule has 6 heteroatoms. The maximum Gasteiger partial charge on any atom is 0.256 e. The predicted molar refractivity (Wildman–Crippen MR) is 78.5 cm³/mol. The fraction of sp³-hybridized carbons (Fsp3) is 0.125. The highest BCUT2D eigenvalue weighted by Crippen LogP contribution is 2.18. The number of hydrogen-bond donors (Lipinski definition) is 1. The first-order valence-corrected chi connectivity index (χ1v) is 6.69. The second-order valence-corrected chi connectivity index (χ2v) is 5.02. The van der Waals surface area contributed by atoms with Gasteiger partial charge < -0.3 is 9.55 Å². The molecule has 112 valence electrons. The van der Waals surface area contributed by atoms with Crippen LogP contribution in [0.25, 0.3) is 11.1 Å². The molecule has 0 aliphatic heterocycles. The van der Waals surface area contributed by atoms with Gasteiger partial charge in [-0.25, -0.2) is 13.8 Å². The van der Waals surface area contributed by atoms with Crippen LogP contribution in [-0.2, 0) is 6.54 Å². The van der Waals surface area contributed by atoms with E-state index in [0.717, 1.165) is 17.8 Å². The van der Waals surface area contributed by atoms with Crippen LogP contribution in [0.1, 0.15) is 11.4 Å². The van der Waals surface area contributed by atoms with E-state index in [9.17, 15) is 13.6 Å². The lowest BCUT2D eigenvalue weighted by Crippen LogP contribution is -2.13. The summed E-state index contributed by atoms with van der Waals surface area (Å²) in [6.07, 6.45) is 3.41. The standard InChI is InChI=1S/C16H13F2N3O/c1-10-7-19-9-21(10)8-12-3-4-13(16(22)20-12)11-2-5-14(17)15(18)6-11/h2-7,9H,8H2,1H3,(H,20,22). The van der Waals surface area contributed by atoms with E-state index < -0.39 is 11.6 Å². The number of imidazole rings is 1. The highest BCUT2D eigenvalue weighted by Gasteiger charge is 2.09. The minimum Gasteiger partial charge on any atom is -0.329 e. The highest BCUT2D eigenvalue weighted by atomic mass is 19.2. The lowest BCUT2D eigenvalue weighted by Gasteiger charge is -2.07. The average molecular weight is 301 g/mol. The molecule has 0 bridgehead atoms. The van der Waals surface area contributed by atoms with Crippen LogP contribution in [0.2, 0.25) is 0 Å². The van der Waals surface area contributed by atoms with Crippen LogP contribution in [0, 0.1) is 18.6 Å². The minimum absolute atomic E-state index is 0.296. The van der Waals surface area contributed by atoms with E-state index in [2.05, 4.69) is 9.97 Å². The van der Waals surface area contributed by atoms with Crippen LogP contribution in [0.3, 0.4) is 0 Å². The Labute approximate surface area is 125 Å². The molecule has 1 aromatic carbocycles. The van der Waals surface area contributed by atoms with Crippen LogP contribution >= 0.6 is 0 Å². The van der Waals surface area contributed by atoms with E-state index in [-0.39, 0.29) is 5.56 Å². The number of aromatic amines is 1. The van der Waals surface area contributed by atoms with Crippen LogP contribution < -0.4 is 5.56 Å². The zero-order valence-corrected chi connectivity index (χ0v) is 11.8. The van der Waals surface area contributed by atoms with Gasteiger partial charge in [-0.15, -0.1) is 0 Å². The van der Waals surface area contributed by atoms with Gasteiger partial charge >= 0.3 is 0 Å². The lowest BCUT2D eigenvalue weighted by atomic mass is 10.1. The molecule has 0 fully saturated rings. The minimum atomic E-state index is -0.977. The molecule has 0 atom stereocenters. The van der Waals surface area contributed by atoms with Crippen molar-refractivity contribution in [1.29, 1.82) is 0 Å². The molecule has 0 unspecified atom stereocenters. The molecule has 0 aliphatic carbocycles. The molecule has 0 spiro atoms. The first-order valence-electron chi connectivity index (χ1n) is 6.69. The van der Waals surface area contributed by atoms with Crippen molar-refractivity contribution in [3.05, 3.63) is 76.2 Å². The molecular weight excluding hydrogens is 288 g/mol. The van der Waals surface area contributed by atoms with Crippen molar-refractivity contribution in [3.63, 3.8) is 0 Å². The van der Waals surface area contributed by atoms with Crippen molar-refractivity contribution in [2.45, 2.75) is 13.5 Å². The van der Waals surface area contributed by atoms with E-state index in [0.29, 0.717) is 23.4 Å². The Morgan fingerprint density at radius 2 is 2.00 bits per heavy atom. The van der Waals surface area contributed by atoms with E-state index in [1.807, 2.05) is 11.5 Å².